The molecule has 1 amide bonds. The predicted octanol–water partition coefficient (Wildman–Crippen LogP) is 3.22. The number of amides is 1. The second kappa shape index (κ2) is 9.79. The van der Waals surface area contributed by atoms with Crippen molar-refractivity contribution >= 4 is 23.5 Å². The lowest BCUT2D eigenvalue weighted by molar-refractivity contribution is 0.0952. The number of aromatic nitrogens is 2. The molecule has 2 fully saturated rings. The van der Waals surface area contributed by atoms with Crippen molar-refractivity contribution in [3.8, 4) is 0 Å². The molecule has 1 aromatic carbocycles. The Morgan fingerprint density at radius 1 is 1.13 bits per heavy atom. The molecule has 30 heavy (non-hydrogen) atoms. The molecule has 2 aliphatic rings. The highest BCUT2D eigenvalue weighted by Gasteiger charge is 2.22. The van der Waals surface area contributed by atoms with Gasteiger partial charge in [0.25, 0.3) is 5.91 Å². The third-order valence-corrected chi connectivity index (χ3v) is 6.69. The van der Waals surface area contributed by atoms with Crippen LogP contribution in [0.25, 0.3) is 0 Å². The number of anilines is 1. The van der Waals surface area contributed by atoms with Gasteiger partial charge in [0.05, 0.1) is 0 Å². The van der Waals surface area contributed by atoms with E-state index in [9.17, 15) is 4.79 Å². The molecule has 1 aliphatic heterocycles. The Labute approximate surface area is 183 Å². The van der Waals surface area contributed by atoms with E-state index in [1.807, 2.05) is 24.3 Å². The normalized spacial score (nSPS) is 17.2. The van der Waals surface area contributed by atoms with E-state index in [2.05, 4.69) is 35.2 Å². The Kier molecular flexibility index (Phi) is 6.89. The molecule has 1 aromatic heterocycles. The molecule has 1 saturated heterocycles. The molecular weight excluding hydrogens is 394 g/mol. The maximum absolute atomic E-state index is 12.2. The van der Waals surface area contributed by atoms with Gasteiger partial charge in [-0.05, 0) is 49.9 Å². The van der Waals surface area contributed by atoms with Gasteiger partial charge in [0.1, 0.15) is 5.82 Å². The average molecular weight is 426 g/mol. The fourth-order valence-corrected chi connectivity index (χ4v) is 4.29. The molecule has 0 unspecified atom stereocenters. The van der Waals surface area contributed by atoms with Crippen molar-refractivity contribution in [1.82, 2.24) is 20.2 Å². The summed E-state index contributed by atoms with van der Waals surface area (Å²) in [5.41, 5.74) is 2.99. The summed E-state index contributed by atoms with van der Waals surface area (Å²) in [6, 6.07) is 10.0. The number of nitrogens with zero attached hydrogens (tertiary/aromatic N) is 4. The minimum atomic E-state index is 0.0249. The predicted molar refractivity (Wildman–Crippen MR) is 122 cm³/mol. The molecule has 0 atom stereocenters. The van der Waals surface area contributed by atoms with Crippen molar-refractivity contribution in [2.75, 3.05) is 44.7 Å². The summed E-state index contributed by atoms with van der Waals surface area (Å²) in [5, 5.41) is 3.85. The van der Waals surface area contributed by atoms with E-state index in [1.165, 1.54) is 18.4 Å². The SMILES string of the molecule is CCc1cc(N2CCN(C)CC2)nc(SCc2ccc(C(=O)NCC3CC3)cc2)n1. The summed E-state index contributed by atoms with van der Waals surface area (Å²) < 4.78 is 0. The lowest BCUT2D eigenvalue weighted by Crippen LogP contribution is -2.44. The van der Waals surface area contributed by atoms with Crippen LogP contribution < -0.4 is 10.2 Å². The van der Waals surface area contributed by atoms with Crippen molar-refractivity contribution in [3.63, 3.8) is 0 Å². The first-order chi connectivity index (χ1) is 14.6. The van der Waals surface area contributed by atoms with Gasteiger partial charge in [-0.1, -0.05) is 30.8 Å². The summed E-state index contributed by atoms with van der Waals surface area (Å²) >= 11 is 1.66. The van der Waals surface area contributed by atoms with E-state index < -0.39 is 0 Å². The van der Waals surface area contributed by atoms with Gasteiger partial charge in [0, 0.05) is 55.8 Å². The number of carbonyl (C=O) groups excluding carboxylic acids is 1. The Balaban J connectivity index is 1.36. The van der Waals surface area contributed by atoms with Gasteiger partial charge < -0.3 is 15.1 Å². The van der Waals surface area contributed by atoms with Crippen LogP contribution in [0.5, 0.6) is 0 Å². The third-order valence-electron chi connectivity index (χ3n) is 5.77. The third kappa shape index (κ3) is 5.73. The van der Waals surface area contributed by atoms with Gasteiger partial charge in [-0.2, -0.15) is 0 Å². The lowest BCUT2D eigenvalue weighted by atomic mass is 10.1. The standard InChI is InChI=1S/C23H31N5OS/c1-3-20-14-21(28-12-10-27(2)11-13-28)26-23(25-20)30-16-18-6-8-19(9-7-18)22(29)24-15-17-4-5-17/h6-9,14,17H,3-5,10-13,15-16H2,1-2H3,(H,24,29). The first kappa shape index (κ1) is 21.1. The topological polar surface area (TPSA) is 61.4 Å². The molecule has 0 bridgehead atoms. The highest BCUT2D eigenvalue weighted by atomic mass is 32.2. The molecule has 7 heteroatoms. The van der Waals surface area contributed by atoms with Gasteiger partial charge in [-0.15, -0.1) is 0 Å². The number of hydrogen-bond acceptors (Lipinski definition) is 6. The summed E-state index contributed by atoms with van der Waals surface area (Å²) in [4.78, 5) is 26.5. The number of likely N-dealkylation sites (N-methyl/N-ethyl adjacent to an activating group) is 1. The number of rotatable bonds is 8. The van der Waals surface area contributed by atoms with Gasteiger partial charge in [0.2, 0.25) is 0 Å². The van der Waals surface area contributed by atoms with Crippen LogP contribution >= 0.6 is 11.8 Å². The fourth-order valence-electron chi connectivity index (χ4n) is 3.46. The van der Waals surface area contributed by atoms with Crippen LogP contribution in [0.15, 0.2) is 35.5 Å². The van der Waals surface area contributed by atoms with E-state index in [0.29, 0.717) is 5.92 Å². The summed E-state index contributed by atoms with van der Waals surface area (Å²) in [6.45, 7) is 7.08. The summed E-state index contributed by atoms with van der Waals surface area (Å²) in [7, 11) is 2.16. The summed E-state index contributed by atoms with van der Waals surface area (Å²) in [5.74, 6) is 2.55. The Morgan fingerprint density at radius 3 is 2.53 bits per heavy atom. The zero-order valence-electron chi connectivity index (χ0n) is 17.9. The molecule has 0 radical (unpaired) electrons. The zero-order chi connectivity index (χ0) is 20.9. The van der Waals surface area contributed by atoms with E-state index in [1.54, 1.807) is 11.8 Å². The highest BCUT2D eigenvalue weighted by Crippen LogP contribution is 2.28. The van der Waals surface area contributed by atoms with Crippen molar-refractivity contribution in [1.29, 1.82) is 0 Å². The van der Waals surface area contributed by atoms with Gasteiger partial charge in [0.15, 0.2) is 5.16 Å². The summed E-state index contributed by atoms with van der Waals surface area (Å²) in [6.07, 6.45) is 3.39. The quantitative estimate of drug-likeness (QED) is 0.518. The number of benzene rings is 1. The lowest BCUT2D eigenvalue weighted by Gasteiger charge is -2.33. The number of aryl methyl sites for hydroxylation is 1. The molecule has 1 N–H and O–H groups in total. The number of hydrogen-bond donors (Lipinski definition) is 1. The zero-order valence-corrected chi connectivity index (χ0v) is 18.7. The maximum Gasteiger partial charge on any atom is 0.251 e. The van der Waals surface area contributed by atoms with Crippen molar-refractivity contribution < 1.29 is 4.79 Å². The van der Waals surface area contributed by atoms with E-state index in [0.717, 1.165) is 67.1 Å². The Hall–Kier alpha value is -2.12. The second-order valence-electron chi connectivity index (χ2n) is 8.28. The highest BCUT2D eigenvalue weighted by molar-refractivity contribution is 7.98. The largest absolute Gasteiger partial charge is 0.354 e. The van der Waals surface area contributed by atoms with Crippen LogP contribution in [0.4, 0.5) is 5.82 Å². The monoisotopic (exact) mass is 425 g/mol. The molecule has 6 nitrogen and oxygen atoms in total. The van der Waals surface area contributed by atoms with E-state index >= 15 is 0 Å². The van der Waals surface area contributed by atoms with Gasteiger partial charge in [-0.3, -0.25) is 4.79 Å². The molecule has 2 aromatic rings. The van der Waals surface area contributed by atoms with Crippen LogP contribution in [0.3, 0.4) is 0 Å². The number of thioether (sulfide) groups is 1. The maximum atomic E-state index is 12.2. The number of piperazine rings is 1. The van der Waals surface area contributed by atoms with Crippen molar-refractivity contribution in [3.05, 3.63) is 47.2 Å². The van der Waals surface area contributed by atoms with Crippen LogP contribution in [0, 0.1) is 5.92 Å². The first-order valence-corrected chi connectivity index (χ1v) is 11.9. The fraction of sp³-hybridized carbons (Fsp3) is 0.522. The molecule has 1 aliphatic carbocycles. The molecule has 4 rings (SSSR count). The molecule has 0 spiro atoms. The van der Waals surface area contributed by atoms with Crippen molar-refractivity contribution in [2.45, 2.75) is 37.1 Å². The first-order valence-electron chi connectivity index (χ1n) is 10.9. The van der Waals surface area contributed by atoms with E-state index in [4.69, 9.17) is 9.97 Å². The minimum absolute atomic E-state index is 0.0249. The van der Waals surface area contributed by atoms with Crippen LogP contribution in [-0.2, 0) is 12.2 Å². The Morgan fingerprint density at radius 2 is 1.87 bits per heavy atom. The average Bonchev–Trinajstić information content (AvgIpc) is 3.61. The molecule has 1 saturated carbocycles. The van der Waals surface area contributed by atoms with Gasteiger partial charge >= 0.3 is 0 Å². The second-order valence-corrected chi connectivity index (χ2v) is 9.23. The van der Waals surface area contributed by atoms with Crippen LogP contribution in [0.1, 0.15) is 41.4 Å². The smallest absolute Gasteiger partial charge is 0.251 e. The Bertz CT molecular complexity index is 860. The van der Waals surface area contributed by atoms with E-state index in [-0.39, 0.29) is 5.91 Å². The number of nitrogens with one attached hydrogen (secondary N) is 1. The number of carbonyl (C=O) groups is 1. The minimum Gasteiger partial charge on any atom is -0.354 e. The van der Waals surface area contributed by atoms with Crippen molar-refractivity contribution in [2.24, 2.45) is 5.92 Å². The molecule has 2 heterocycles. The van der Waals surface area contributed by atoms with Crippen LogP contribution in [0.2, 0.25) is 0 Å². The van der Waals surface area contributed by atoms with Gasteiger partial charge in [-0.25, -0.2) is 9.97 Å². The molecule has 160 valence electrons. The molecular formula is C23H31N5OS. The van der Waals surface area contributed by atoms with Crippen LogP contribution in [-0.4, -0.2) is 60.5 Å².